The van der Waals surface area contributed by atoms with Crippen molar-refractivity contribution in [2.24, 2.45) is 0 Å². The topological polar surface area (TPSA) is 93.7 Å². The molecular weight excluding hydrogens is 440 g/mol. The molecule has 3 rings (SSSR count). The molecule has 1 fully saturated rings. The van der Waals surface area contributed by atoms with Gasteiger partial charge in [-0.2, -0.15) is 0 Å². The summed E-state index contributed by atoms with van der Waals surface area (Å²) in [5, 5.41) is 2.97. The molecule has 0 bridgehead atoms. The van der Waals surface area contributed by atoms with Gasteiger partial charge in [-0.1, -0.05) is 42.6 Å². The van der Waals surface area contributed by atoms with E-state index in [2.05, 4.69) is 10.0 Å². The molecule has 1 aliphatic carbocycles. The molecule has 7 nitrogen and oxygen atoms in total. The number of carbonyl (C=O) groups excluding carboxylic acids is 1. The largest absolute Gasteiger partial charge is 0.496 e. The lowest BCUT2D eigenvalue weighted by Crippen LogP contribution is -2.32. The van der Waals surface area contributed by atoms with Gasteiger partial charge in [0.05, 0.1) is 23.1 Å². The monoisotopic (exact) mass is 466 g/mol. The van der Waals surface area contributed by atoms with E-state index in [4.69, 9.17) is 21.1 Å². The highest BCUT2D eigenvalue weighted by Gasteiger charge is 2.23. The van der Waals surface area contributed by atoms with Crippen LogP contribution >= 0.6 is 11.6 Å². The van der Waals surface area contributed by atoms with Gasteiger partial charge in [-0.3, -0.25) is 4.79 Å². The Morgan fingerprint density at radius 3 is 2.55 bits per heavy atom. The lowest BCUT2D eigenvalue weighted by atomic mass is 10.1. The molecule has 0 aromatic heterocycles. The highest BCUT2D eigenvalue weighted by molar-refractivity contribution is 7.89. The number of halogens is 1. The maximum absolute atomic E-state index is 12.5. The second-order valence-corrected chi connectivity index (χ2v) is 9.64. The van der Waals surface area contributed by atoms with Gasteiger partial charge in [0, 0.05) is 11.6 Å². The van der Waals surface area contributed by atoms with Gasteiger partial charge in [-0.05, 0) is 44.0 Å². The third-order valence-electron chi connectivity index (χ3n) is 5.23. The summed E-state index contributed by atoms with van der Waals surface area (Å²) in [5.41, 5.74) is 0.848. The number of methoxy groups -OCH3 is 1. The number of carbonyl (C=O) groups is 1. The molecule has 0 radical (unpaired) electrons. The van der Waals surface area contributed by atoms with Crippen molar-refractivity contribution < 1.29 is 22.7 Å². The maximum Gasteiger partial charge on any atom is 0.258 e. The highest BCUT2D eigenvalue weighted by Crippen LogP contribution is 2.29. The van der Waals surface area contributed by atoms with Gasteiger partial charge in [-0.25, -0.2) is 13.1 Å². The number of para-hydroxylation sites is 1. The Morgan fingerprint density at radius 2 is 1.87 bits per heavy atom. The van der Waals surface area contributed by atoms with E-state index in [0.29, 0.717) is 5.75 Å². The summed E-state index contributed by atoms with van der Waals surface area (Å²) in [7, 11) is -2.07. The second-order valence-electron chi connectivity index (χ2n) is 7.51. The first-order chi connectivity index (χ1) is 14.8. The Hall–Kier alpha value is -2.29. The number of benzene rings is 2. The minimum atomic E-state index is -3.65. The maximum atomic E-state index is 12.5. The van der Waals surface area contributed by atoms with Crippen LogP contribution in [0.3, 0.4) is 0 Å². The molecule has 1 saturated carbocycles. The smallest absolute Gasteiger partial charge is 0.258 e. The third-order valence-corrected chi connectivity index (χ3v) is 7.05. The molecule has 2 aromatic rings. The predicted molar refractivity (Wildman–Crippen MR) is 119 cm³/mol. The van der Waals surface area contributed by atoms with Crippen LogP contribution in [0.1, 0.15) is 44.2 Å². The van der Waals surface area contributed by atoms with Crippen molar-refractivity contribution in [2.75, 3.05) is 13.7 Å². The number of nitrogens with one attached hydrogen (secondary N) is 2. The molecule has 0 saturated heterocycles. The highest BCUT2D eigenvalue weighted by atomic mass is 35.5. The molecule has 9 heteroatoms. The van der Waals surface area contributed by atoms with Crippen molar-refractivity contribution in [3.63, 3.8) is 0 Å². The van der Waals surface area contributed by atoms with E-state index >= 15 is 0 Å². The van der Waals surface area contributed by atoms with Crippen LogP contribution in [0.25, 0.3) is 0 Å². The zero-order valence-corrected chi connectivity index (χ0v) is 19.1. The molecular formula is C22H27ClN2O5S. The first kappa shape index (κ1) is 23.4. The molecule has 1 amide bonds. The molecule has 2 N–H and O–H groups in total. The fraction of sp³-hybridized carbons (Fsp3) is 0.409. The Bertz CT molecular complexity index is 1020. The number of sulfonamides is 1. The first-order valence-electron chi connectivity index (χ1n) is 10.2. The average molecular weight is 467 g/mol. The first-order valence-corrected chi connectivity index (χ1v) is 12.0. The summed E-state index contributed by atoms with van der Waals surface area (Å²) in [4.78, 5) is 12.4. The number of hydrogen-bond acceptors (Lipinski definition) is 5. The van der Waals surface area contributed by atoms with E-state index in [1.54, 1.807) is 7.11 Å². The van der Waals surface area contributed by atoms with Gasteiger partial charge < -0.3 is 14.8 Å². The zero-order chi connectivity index (χ0) is 22.4. The van der Waals surface area contributed by atoms with Crippen molar-refractivity contribution in [1.29, 1.82) is 0 Å². The zero-order valence-electron chi connectivity index (χ0n) is 17.6. The van der Waals surface area contributed by atoms with Crippen LogP contribution in [0.2, 0.25) is 5.02 Å². The molecule has 0 spiro atoms. The lowest BCUT2D eigenvalue weighted by Gasteiger charge is -2.17. The van der Waals surface area contributed by atoms with E-state index in [9.17, 15) is 13.2 Å². The van der Waals surface area contributed by atoms with E-state index < -0.39 is 10.0 Å². The fourth-order valence-corrected chi connectivity index (χ4v) is 5.26. The van der Waals surface area contributed by atoms with E-state index in [1.165, 1.54) is 18.2 Å². The minimum Gasteiger partial charge on any atom is -0.496 e. The van der Waals surface area contributed by atoms with Crippen LogP contribution in [-0.4, -0.2) is 34.1 Å². The molecule has 31 heavy (non-hydrogen) atoms. The predicted octanol–water partition coefficient (Wildman–Crippen LogP) is 3.83. The Morgan fingerprint density at radius 1 is 1.16 bits per heavy atom. The second kappa shape index (κ2) is 10.3. The average Bonchev–Trinajstić information content (AvgIpc) is 3.25. The molecule has 0 aliphatic heterocycles. The normalized spacial score (nSPS) is 15.5. The molecule has 168 valence electrons. The summed E-state index contributed by atoms with van der Waals surface area (Å²) in [6.45, 7) is 1.59. The van der Waals surface area contributed by atoms with Crippen LogP contribution < -0.4 is 19.5 Å². The van der Waals surface area contributed by atoms with Crippen molar-refractivity contribution in [3.8, 4) is 11.5 Å². The number of amides is 1. The SMILES string of the molecule is COc1ccccc1[C@@H](C)NC(=O)COc1ccc(S(=O)(=O)NC2CCCC2)cc1Cl. The van der Waals surface area contributed by atoms with Gasteiger partial charge >= 0.3 is 0 Å². The van der Waals surface area contributed by atoms with Gasteiger partial charge in [0.25, 0.3) is 5.91 Å². The standard InChI is InChI=1S/C22H27ClN2O5S/c1-15(18-9-5-6-10-20(18)29-2)24-22(26)14-30-21-12-11-17(13-19(21)23)31(27,28)25-16-7-3-4-8-16/h5-6,9-13,15-16,25H,3-4,7-8,14H2,1-2H3,(H,24,26)/t15-/m1/s1. The molecule has 0 unspecified atom stereocenters. The number of hydrogen-bond donors (Lipinski definition) is 2. The van der Waals surface area contributed by atoms with Gasteiger partial charge in [0.2, 0.25) is 10.0 Å². The Balaban J connectivity index is 1.58. The summed E-state index contributed by atoms with van der Waals surface area (Å²) in [5.74, 6) is 0.581. The van der Waals surface area contributed by atoms with Gasteiger partial charge in [0.15, 0.2) is 6.61 Å². The van der Waals surface area contributed by atoms with Crippen LogP contribution in [0.5, 0.6) is 11.5 Å². The van der Waals surface area contributed by atoms with E-state index in [-0.39, 0.29) is 40.3 Å². The molecule has 1 aliphatic rings. The van der Waals surface area contributed by atoms with Gasteiger partial charge in [0.1, 0.15) is 11.5 Å². The molecule has 2 aromatic carbocycles. The van der Waals surface area contributed by atoms with Crippen molar-refractivity contribution in [1.82, 2.24) is 10.0 Å². The van der Waals surface area contributed by atoms with Crippen molar-refractivity contribution in [2.45, 2.75) is 49.6 Å². The summed E-state index contributed by atoms with van der Waals surface area (Å²) in [6, 6.07) is 11.3. The third kappa shape index (κ3) is 6.12. The van der Waals surface area contributed by atoms with Gasteiger partial charge in [-0.15, -0.1) is 0 Å². The number of rotatable bonds is 9. The summed E-state index contributed by atoms with van der Waals surface area (Å²) < 4.78 is 38.6. The molecule has 1 atom stereocenters. The van der Waals surface area contributed by atoms with Crippen LogP contribution in [0, 0.1) is 0 Å². The fourth-order valence-electron chi connectivity index (χ4n) is 3.63. The quantitative estimate of drug-likeness (QED) is 0.585. The number of ether oxygens (including phenoxy) is 2. The van der Waals surface area contributed by atoms with E-state index in [1.807, 2.05) is 31.2 Å². The summed E-state index contributed by atoms with van der Waals surface area (Å²) in [6.07, 6.45) is 3.74. The molecule has 0 heterocycles. The summed E-state index contributed by atoms with van der Waals surface area (Å²) >= 11 is 6.21. The van der Waals surface area contributed by atoms with Crippen LogP contribution in [-0.2, 0) is 14.8 Å². The van der Waals surface area contributed by atoms with Crippen molar-refractivity contribution >= 4 is 27.5 Å². The van der Waals surface area contributed by atoms with Crippen molar-refractivity contribution in [3.05, 3.63) is 53.1 Å². The minimum absolute atomic E-state index is 0.0337. The lowest BCUT2D eigenvalue weighted by molar-refractivity contribution is -0.123. The Kier molecular flexibility index (Phi) is 7.80. The van der Waals surface area contributed by atoms with Crippen LogP contribution in [0.15, 0.2) is 47.4 Å². The van der Waals surface area contributed by atoms with Crippen LogP contribution in [0.4, 0.5) is 0 Å². The van der Waals surface area contributed by atoms with E-state index in [0.717, 1.165) is 31.2 Å². The Labute approximate surface area is 188 Å².